The highest BCUT2D eigenvalue weighted by atomic mass is 32.2. The van der Waals surface area contributed by atoms with Crippen molar-refractivity contribution < 1.29 is 9.53 Å². The van der Waals surface area contributed by atoms with Gasteiger partial charge in [-0.3, -0.25) is 9.69 Å². The van der Waals surface area contributed by atoms with Crippen LogP contribution in [-0.2, 0) is 4.79 Å². The summed E-state index contributed by atoms with van der Waals surface area (Å²) in [7, 11) is 0. The van der Waals surface area contributed by atoms with Crippen molar-refractivity contribution in [3.8, 4) is 5.75 Å². The average Bonchev–Trinajstić information content (AvgIpc) is 3.12. The number of hydrogen-bond donors (Lipinski definition) is 2. The van der Waals surface area contributed by atoms with Crippen LogP contribution in [0.15, 0.2) is 35.4 Å². The van der Waals surface area contributed by atoms with Crippen molar-refractivity contribution >= 4 is 34.9 Å². The lowest BCUT2D eigenvalue weighted by atomic mass is 10.0. The first kappa shape index (κ1) is 18.6. The maximum atomic E-state index is 11.4. The van der Waals surface area contributed by atoms with Gasteiger partial charge in [-0.1, -0.05) is 17.8 Å². The van der Waals surface area contributed by atoms with Crippen molar-refractivity contribution in [2.75, 3.05) is 48.3 Å². The van der Waals surface area contributed by atoms with E-state index in [1.54, 1.807) is 6.20 Å². The quantitative estimate of drug-likeness (QED) is 0.804. The van der Waals surface area contributed by atoms with E-state index in [1.807, 2.05) is 17.8 Å². The summed E-state index contributed by atoms with van der Waals surface area (Å²) in [6, 6.07) is 9.12. The highest BCUT2D eigenvalue weighted by Crippen LogP contribution is 2.40. The zero-order chi connectivity index (χ0) is 20.0. The molecular formula is C21H25N5O2S. The number of hydrogen-bond acceptors (Lipinski definition) is 7. The molecule has 2 atom stereocenters. The molecule has 29 heavy (non-hydrogen) atoms. The average molecular weight is 412 g/mol. The zero-order valence-corrected chi connectivity index (χ0v) is 17.5. The molecule has 1 saturated heterocycles. The molecule has 8 heteroatoms. The molecule has 0 aliphatic carbocycles. The van der Waals surface area contributed by atoms with Crippen molar-refractivity contribution in [3.05, 3.63) is 36.0 Å². The van der Waals surface area contributed by atoms with Crippen molar-refractivity contribution in [2.24, 2.45) is 0 Å². The monoisotopic (exact) mass is 411 g/mol. The number of aromatic nitrogens is 1. The van der Waals surface area contributed by atoms with Gasteiger partial charge in [0.05, 0.1) is 11.6 Å². The van der Waals surface area contributed by atoms with Crippen LogP contribution in [0.1, 0.15) is 25.5 Å². The van der Waals surface area contributed by atoms with Crippen LogP contribution in [-0.4, -0.2) is 54.0 Å². The summed E-state index contributed by atoms with van der Waals surface area (Å²) in [5.41, 5.74) is 3.27. The predicted octanol–water partition coefficient (Wildman–Crippen LogP) is 3.16. The second-order valence-electron chi connectivity index (χ2n) is 7.73. The van der Waals surface area contributed by atoms with Gasteiger partial charge in [-0.15, -0.1) is 0 Å². The van der Waals surface area contributed by atoms with Gasteiger partial charge in [0.2, 0.25) is 0 Å². The summed E-state index contributed by atoms with van der Waals surface area (Å²) >= 11 is 1.88. The number of pyridine rings is 1. The van der Waals surface area contributed by atoms with Gasteiger partial charge in [-0.05, 0) is 31.5 Å². The zero-order valence-electron chi connectivity index (χ0n) is 16.6. The lowest BCUT2D eigenvalue weighted by Gasteiger charge is -2.39. The Bertz CT molecular complexity index is 945. The van der Waals surface area contributed by atoms with Gasteiger partial charge in [-0.25, -0.2) is 4.98 Å². The van der Waals surface area contributed by atoms with Gasteiger partial charge < -0.3 is 20.3 Å². The summed E-state index contributed by atoms with van der Waals surface area (Å²) in [4.78, 5) is 22.1. The minimum absolute atomic E-state index is 0.0642. The van der Waals surface area contributed by atoms with Crippen LogP contribution >= 0.6 is 11.8 Å². The first-order valence-electron chi connectivity index (χ1n) is 10.1. The summed E-state index contributed by atoms with van der Waals surface area (Å²) in [6.45, 7) is 8.34. The summed E-state index contributed by atoms with van der Waals surface area (Å²) in [5, 5.41) is 6.78. The lowest BCUT2D eigenvalue weighted by molar-refractivity contribution is -0.118. The number of nitrogens with zero attached hydrogens (tertiary/aromatic N) is 3. The maximum Gasteiger partial charge on any atom is 0.262 e. The third-order valence-corrected chi connectivity index (χ3v) is 6.90. The second kappa shape index (κ2) is 7.42. The minimum Gasteiger partial charge on any atom is -0.481 e. The molecule has 3 aliphatic rings. The normalized spacial score (nSPS) is 22.2. The second-order valence-corrected chi connectivity index (χ2v) is 9.12. The molecule has 0 radical (unpaired) electrons. The maximum absolute atomic E-state index is 11.4. The molecule has 1 amide bonds. The van der Waals surface area contributed by atoms with E-state index >= 15 is 0 Å². The lowest BCUT2D eigenvalue weighted by Crippen LogP contribution is -2.47. The highest BCUT2D eigenvalue weighted by molar-refractivity contribution is 8.00. The summed E-state index contributed by atoms with van der Waals surface area (Å²) < 4.78 is 5.53. The molecule has 152 valence electrons. The molecule has 5 rings (SSSR count). The number of anilines is 3. The molecule has 3 aliphatic heterocycles. The van der Waals surface area contributed by atoms with E-state index < -0.39 is 0 Å². The van der Waals surface area contributed by atoms with Crippen molar-refractivity contribution in [2.45, 2.75) is 30.2 Å². The van der Waals surface area contributed by atoms with Crippen molar-refractivity contribution in [1.29, 1.82) is 0 Å². The molecular weight excluding hydrogens is 386 g/mol. The van der Waals surface area contributed by atoms with Gasteiger partial charge in [0.25, 0.3) is 5.91 Å². The Kier molecular flexibility index (Phi) is 4.75. The number of benzene rings is 1. The molecule has 0 spiro atoms. The Morgan fingerprint density at radius 1 is 1.21 bits per heavy atom. The molecule has 7 nitrogen and oxygen atoms in total. The number of carbonyl (C=O) groups is 1. The first-order valence-corrected chi connectivity index (χ1v) is 10.9. The Hall–Kier alpha value is -2.45. The molecule has 0 bridgehead atoms. The smallest absolute Gasteiger partial charge is 0.262 e. The number of rotatable bonds is 3. The minimum atomic E-state index is -0.135. The number of fused-ring (bicyclic) bond motifs is 2. The molecule has 0 saturated carbocycles. The molecule has 1 aromatic carbocycles. The molecule has 2 unspecified atom stereocenters. The molecule has 4 heterocycles. The van der Waals surface area contributed by atoms with Crippen molar-refractivity contribution in [1.82, 2.24) is 9.88 Å². The van der Waals surface area contributed by atoms with Crippen LogP contribution in [0.25, 0.3) is 0 Å². The third-order valence-electron chi connectivity index (χ3n) is 5.82. The fraction of sp³-hybridized carbons (Fsp3) is 0.429. The van der Waals surface area contributed by atoms with Gasteiger partial charge in [0.15, 0.2) is 6.61 Å². The van der Waals surface area contributed by atoms with Crippen molar-refractivity contribution in [3.63, 3.8) is 0 Å². The number of ether oxygens (including phenoxy) is 1. The van der Waals surface area contributed by atoms with E-state index in [1.165, 1.54) is 16.1 Å². The third kappa shape index (κ3) is 3.62. The van der Waals surface area contributed by atoms with Gasteiger partial charge >= 0.3 is 0 Å². The van der Waals surface area contributed by atoms with E-state index in [9.17, 15) is 4.79 Å². The number of thioether (sulfide) groups is 1. The van der Waals surface area contributed by atoms with Crippen LogP contribution in [0.4, 0.5) is 17.2 Å². The molecule has 2 aromatic rings. The van der Waals surface area contributed by atoms with E-state index in [2.05, 4.69) is 57.5 Å². The van der Waals surface area contributed by atoms with E-state index in [0.29, 0.717) is 22.9 Å². The topological polar surface area (TPSA) is 69.7 Å². The number of amides is 1. The molecule has 1 fully saturated rings. The van der Waals surface area contributed by atoms with E-state index in [0.717, 1.165) is 32.0 Å². The Balaban J connectivity index is 1.24. The largest absolute Gasteiger partial charge is 0.481 e. The number of carbonyl (C=O) groups excluding carboxylic acids is 1. The molecule has 2 N–H and O–H groups in total. The van der Waals surface area contributed by atoms with Gasteiger partial charge in [-0.2, -0.15) is 0 Å². The van der Waals surface area contributed by atoms with Crippen LogP contribution in [0, 0.1) is 0 Å². The standard InChI is InChI=1S/C21H25N5O2S/c1-13(15-3-4-19-16(9-15)23-14(2)29-19)25-5-7-26(8-6-25)20-10-18-17(11-22-20)24-21(27)12-28-18/h3-4,9-11,13-14,23H,5-8,12H2,1-2H3,(H,24,27). The predicted molar refractivity (Wildman–Crippen MR) is 116 cm³/mol. The van der Waals surface area contributed by atoms with Gasteiger partial charge in [0, 0.05) is 48.9 Å². The van der Waals surface area contributed by atoms with Gasteiger partial charge in [0.1, 0.15) is 17.3 Å². The van der Waals surface area contributed by atoms with E-state index in [4.69, 9.17) is 4.74 Å². The fourth-order valence-corrected chi connectivity index (χ4v) is 5.11. The number of nitrogens with one attached hydrogen (secondary N) is 2. The van der Waals surface area contributed by atoms with E-state index in [-0.39, 0.29) is 12.5 Å². The summed E-state index contributed by atoms with van der Waals surface area (Å²) in [5.74, 6) is 1.47. The van der Waals surface area contributed by atoms with Crippen LogP contribution in [0.3, 0.4) is 0 Å². The number of piperazine rings is 1. The highest BCUT2D eigenvalue weighted by Gasteiger charge is 2.26. The first-order chi connectivity index (χ1) is 14.1. The van der Waals surface area contributed by atoms with Crippen LogP contribution in [0.2, 0.25) is 0 Å². The molecule has 1 aromatic heterocycles. The Labute approximate surface area is 174 Å². The van der Waals surface area contributed by atoms with Crippen LogP contribution in [0.5, 0.6) is 5.75 Å². The SMILES string of the molecule is CC1Nc2cc(C(C)N3CCN(c4cc5c(cn4)NC(=O)CO5)CC3)ccc2S1. The fourth-order valence-electron chi connectivity index (χ4n) is 4.15. The Morgan fingerprint density at radius 2 is 2.03 bits per heavy atom. The summed E-state index contributed by atoms with van der Waals surface area (Å²) in [6.07, 6.45) is 1.69. The van der Waals surface area contributed by atoms with Crippen LogP contribution < -0.4 is 20.3 Å². The Morgan fingerprint density at radius 3 is 2.86 bits per heavy atom.